The number of likely N-dealkylation sites (tertiary alicyclic amines) is 1. The Bertz CT molecular complexity index is 765. The molecule has 0 radical (unpaired) electrons. The highest BCUT2D eigenvalue weighted by atomic mass is 35.5. The molecule has 0 bridgehead atoms. The lowest BCUT2D eigenvalue weighted by atomic mass is 10.0. The van der Waals surface area contributed by atoms with Gasteiger partial charge in [0.1, 0.15) is 18.1 Å². The van der Waals surface area contributed by atoms with Gasteiger partial charge in [-0.2, -0.15) is 5.10 Å². The fourth-order valence-electron chi connectivity index (χ4n) is 3.03. The molecular weight excluding hydrogens is 358 g/mol. The zero-order valence-corrected chi connectivity index (χ0v) is 15.3. The van der Waals surface area contributed by atoms with Crippen LogP contribution in [-0.4, -0.2) is 52.4 Å². The molecule has 3 rings (SSSR count). The summed E-state index contributed by atoms with van der Waals surface area (Å²) >= 11 is 6.15. The van der Waals surface area contributed by atoms with Crippen molar-refractivity contribution in [3.63, 3.8) is 0 Å². The Hall–Kier alpha value is -2.25. The highest BCUT2D eigenvalue weighted by molar-refractivity contribution is 6.32. The summed E-state index contributed by atoms with van der Waals surface area (Å²) in [6, 6.07) is 6.69. The third kappa shape index (κ3) is 4.11. The molecule has 2 heterocycles. The minimum atomic E-state index is -0.172. The highest BCUT2D eigenvalue weighted by Gasteiger charge is 2.28. The number of H-pyrrole nitrogens is 1. The number of nitrogens with zero attached hydrogens (tertiary/aromatic N) is 2. The molecule has 26 heavy (non-hydrogen) atoms. The lowest BCUT2D eigenvalue weighted by Crippen LogP contribution is -2.45. The number of hydrogen-bond donors (Lipinski definition) is 2. The number of aliphatic hydroxyl groups is 1. The van der Waals surface area contributed by atoms with Crippen LogP contribution < -0.4 is 9.47 Å². The summed E-state index contributed by atoms with van der Waals surface area (Å²) in [6.07, 6.45) is 2.79. The smallest absolute Gasteiger partial charge is 0.274 e. The summed E-state index contributed by atoms with van der Waals surface area (Å²) in [5, 5.41) is 16.8. The first-order chi connectivity index (χ1) is 12.6. The van der Waals surface area contributed by atoms with E-state index in [0.717, 1.165) is 19.3 Å². The molecule has 140 valence electrons. The maximum atomic E-state index is 12.6. The van der Waals surface area contributed by atoms with E-state index in [4.69, 9.17) is 21.1 Å². The van der Waals surface area contributed by atoms with Gasteiger partial charge in [-0.3, -0.25) is 9.89 Å². The summed E-state index contributed by atoms with van der Waals surface area (Å²) < 4.78 is 10.8. The number of carbonyl (C=O) groups is 1. The zero-order valence-electron chi connectivity index (χ0n) is 14.6. The number of methoxy groups -OCH3 is 1. The molecule has 1 aliphatic heterocycles. The van der Waals surface area contributed by atoms with Crippen molar-refractivity contribution in [1.29, 1.82) is 0 Å². The molecule has 1 fully saturated rings. The minimum absolute atomic E-state index is 0.0257. The van der Waals surface area contributed by atoms with E-state index in [1.54, 1.807) is 36.3 Å². The summed E-state index contributed by atoms with van der Waals surface area (Å²) in [5.41, 5.74) is 0.988. The second-order valence-corrected chi connectivity index (χ2v) is 6.60. The van der Waals surface area contributed by atoms with Crippen molar-refractivity contribution in [1.82, 2.24) is 15.1 Å². The third-order valence-electron chi connectivity index (χ3n) is 4.47. The molecule has 0 spiro atoms. The second-order valence-electron chi connectivity index (χ2n) is 6.19. The number of aromatic amines is 1. The van der Waals surface area contributed by atoms with Crippen LogP contribution >= 0.6 is 11.6 Å². The Kier molecular flexibility index (Phi) is 6.00. The van der Waals surface area contributed by atoms with E-state index >= 15 is 0 Å². The van der Waals surface area contributed by atoms with Gasteiger partial charge in [0.2, 0.25) is 0 Å². The normalized spacial score (nSPS) is 17.2. The first kappa shape index (κ1) is 18.5. The van der Waals surface area contributed by atoms with Crippen molar-refractivity contribution in [2.24, 2.45) is 0 Å². The van der Waals surface area contributed by atoms with Gasteiger partial charge in [0.25, 0.3) is 5.91 Å². The van der Waals surface area contributed by atoms with Crippen molar-refractivity contribution < 1.29 is 19.4 Å². The van der Waals surface area contributed by atoms with Gasteiger partial charge in [0.15, 0.2) is 5.69 Å². The standard InChI is InChI=1S/C18H22ClN3O4/c1-25-14-5-6-17(15(19)9-14)26-11-12-8-16(21-20-12)18(24)22-7-3-2-4-13(22)10-23/h5-6,8-9,13,23H,2-4,7,10-11H2,1H3,(H,20,21). The van der Waals surface area contributed by atoms with Gasteiger partial charge < -0.3 is 19.5 Å². The minimum Gasteiger partial charge on any atom is -0.497 e. The number of aliphatic hydroxyl groups excluding tert-OH is 1. The van der Waals surface area contributed by atoms with Gasteiger partial charge in [0, 0.05) is 12.6 Å². The van der Waals surface area contributed by atoms with Crippen LogP contribution in [0.25, 0.3) is 0 Å². The summed E-state index contributed by atoms with van der Waals surface area (Å²) in [4.78, 5) is 14.3. The molecule has 1 aromatic heterocycles. The van der Waals surface area contributed by atoms with Crippen molar-refractivity contribution in [2.45, 2.75) is 31.9 Å². The Morgan fingerprint density at radius 3 is 3.00 bits per heavy atom. The van der Waals surface area contributed by atoms with Crippen LogP contribution in [0.5, 0.6) is 11.5 Å². The predicted octanol–water partition coefficient (Wildman–Crippen LogP) is 2.64. The number of piperidine rings is 1. The van der Waals surface area contributed by atoms with E-state index in [1.807, 2.05) is 0 Å². The number of carbonyl (C=O) groups excluding carboxylic acids is 1. The number of benzene rings is 1. The maximum Gasteiger partial charge on any atom is 0.274 e. The number of ether oxygens (including phenoxy) is 2. The molecular formula is C18H22ClN3O4. The molecule has 1 aromatic carbocycles. The van der Waals surface area contributed by atoms with Gasteiger partial charge in [-0.25, -0.2) is 0 Å². The van der Waals surface area contributed by atoms with Crippen LogP contribution in [0.1, 0.15) is 35.4 Å². The number of hydrogen-bond acceptors (Lipinski definition) is 5. The van der Waals surface area contributed by atoms with E-state index in [9.17, 15) is 9.90 Å². The molecule has 1 aliphatic rings. The van der Waals surface area contributed by atoms with Crippen LogP contribution in [0.4, 0.5) is 0 Å². The molecule has 2 N–H and O–H groups in total. The lowest BCUT2D eigenvalue weighted by molar-refractivity contribution is 0.0497. The monoisotopic (exact) mass is 379 g/mol. The van der Waals surface area contributed by atoms with Gasteiger partial charge >= 0.3 is 0 Å². The van der Waals surface area contributed by atoms with Gasteiger partial charge in [-0.05, 0) is 37.5 Å². The highest BCUT2D eigenvalue weighted by Crippen LogP contribution is 2.29. The van der Waals surface area contributed by atoms with E-state index in [-0.39, 0.29) is 25.2 Å². The molecule has 1 unspecified atom stereocenters. The van der Waals surface area contributed by atoms with Crippen LogP contribution in [-0.2, 0) is 6.61 Å². The largest absolute Gasteiger partial charge is 0.497 e. The Morgan fingerprint density at radius 2 is 2.27 bits per heavy atom. The molecule has 8 heteroatoms. The number of rotatable bonds is 6. The van der Waals surface area contributed by atoms with E-state index in [0.29, 0.717) is 34.5 Å². The van der Waals surface area contributed by atoms with E-state index in [1.165, 1.54) is 0 Å². The number of halogens is 1. The van der Waals surface area contributed by atoms with Crippen LogP contribution in [0, 0.1) is 0 Å². The predicted molar refractivity (Wildman–Crippen MR) is 96.7 cm³/mol. The lowest BCUT2D eigenvalue weighted by Gasteiger charge is -2.34. The van der Waals surface area contributed by atoms with E-state index < -0.39 is 0 Å². The van der Waals surface area contributed by atoms with Crippen LogP contribution in [0.2, 0.25) is 5.02 Å². The summed E-state index contributed by atoms with van der Waals surface area (Å²) in [6.45, 7) is 0.821. The van der Waals surface area contributed by atoms with Crippen molar-refractivity contribution >= 4 is 17.5 Å². The SMILES string of the molecule is COc1ccc(OCc2cc(C(=O)N3CCCCC3CO)n[nH]2)c(Cl)c1. The first-order valence-corrected chi connectivity index (χ1v) is 8.92. The van der Waals surface area contributed by atoms with Gasteiger partial charge in [0.05, 0.1) is 30.5 Å². The first-order valence-electron chi connectivity index (χ1n) is 8.55. The van der Waals surface area contributed by atoms with Crippen molar-refractivity contribution in [2.75, 3.05) is 20.3 Å². The molecule has 1 atom stereocenters. The summed E-state index contributed by atoms with van der Waals surface area (Å²) in [5.74, 6) is 0.997. The molecule has 2 aromatic rings. The molecule has 0 aliphatic carbocycles. The fraction of sp³-hybridized carbons (Fsp3) is 0.444. The van der Waals surface area contributed by atoms with E-state index in [2.05, 4.69) is 10.2 Å². The Labute approximate surface area is 156 Å². The summed E-state index contributed by atoms with van der Waals surface area (Å²) in [7, 11) is 1.57. The average Bonchev–Trinajstić information content (AvgIpc) is 3.15. The topological polar surface area (TPSA) is 87.7 Å². The maximum absolute atomic E-state index is 12.6. The second kappa shape index (κ2) is 8.42. The molecule has 1 saturated heterocycles. The Morgan fingerprint density at radius 1 is 1.42 bits per heavy atom. The fourth-order valence-corrected chi connectivity index (χ4v) is 3.26. The van der Waals surface area contributed by atoms with Crippen LogP contribution in [0.3, 0.4) is 0 Å². The third-order valence-corrected chi connectivity index (χ3v) is 4.77. The Balaban J connectivity index is 1.63. The van der Waals surface area contributed by atoms with Crippen molar-refractivity contribution in [3.8, 4) is 11.5 Å². The zero-order chi connectivity index (χ0) is 18.5. The number of nitrogens with one attached hydrogen (secondary N) is 1. The number of amides is 1. The van der Waals surface area contributed by atoms with Crippen molar-refractivity contribution in [3.05, 3.63) is 40.7 Å². The number of aromatic nitrogens is 2. The van der Waals surface area contributed by atoms with Gasteiger partial charge in [-0.1, -0.05) is 11.6 Å². The molecule has 1 amide bonds. The molecule has 0 saturated carbocycles. The van der Waals surface area contributed by atoms with Gasteiger partial charge in [-0.15, -0.1) is 0 Å². The quantitative estimate of drug-likeness (QED) is 0.805. The average molecular weight is 380 g/mol. The van der Waals surface area contributed by atoms with Crippen LogP contribution in [0.15, 0.2) is 24.3 Å². The molecule has 7 nitrogen and oxygen atoms in total.